The number of hydrogen-bond acceptors (Lipinski definition) is 2. The van der Waals surface area contributed by atoms with Gasteiger partial charge in [0.05, 0.1) is 0 Å². The Morgan fingerprint density at radius 3 is 2.38 bits per heavy atom. The zero-order chi connectivity index (χ0) is 15.2. The van der Waals surface area contributed by atoms with E-state index in [1.54, 1.807) is 6.07 Å². The monoisotopic (exact) mass is 290 g/mol. The Hall–Kier alpha value is -2.27. The molecule has 2 aromatic carbocycles. The van der Waals surface area contributed by atoms with E-state index in [2.05, 4.69) is 0 Å². The van der Waals surface area contributed by atoms with E-state index in [4.69, 9.17) is 5.73 Å². The van der Waals surface area contributed by atoms with Gasteiger partial charge in [-0.1, -0.05) is 6.07 Å². The Labute approximate surface area is 122 Å². The number of hydrogen-bond donors (Lipinski definition) is 1. The minimum atomic E-state index is -0.419. The molecule has 0 aliphatic heterocycles. The standard InChI is InChI=1S/C16H16F2N2O/c17-13-7-5-12(6-8-13)16(21)20(10-2-9-19)15-4-1-3-14(18)11-15/h1,3-8,11H,2,9-10,19H2. The molecular formula is C16H16F2N2O. The van der Waals surface area contributed by atoms with Crippen LogP contribution in [0.25, 0.3) is 0 Å². The molecule has 0 heterocycles. The SMILES string of the molecule is NCCCN(C(=O)c1ccc(F)cc1)c1cccc(F)c1. The first-order valence-electron chi connectivity index (χ1n) is 6.65. The minimum absolute atomic E-state index is 0.311. The van der Waals surface area contributed by atoms with Gasteiger partial charge in [0.25, 0.3) is 5.91 Å². The molecule has 0 saturated carbocycles. The van der Waals surface area contributed by atoms with Gasteiger partial charge in [0.2, 0.25) is 0 Å². The van der Waals surface area contributed by atoms with Gasteiger partial charge in [-0.3, -0.25) is 4.79 Å². The van der Waals surface area contributed by atoms with Crippen molar-refractivity contribution < 1.29 is 13.6 Å². The van der Waals surface area contributed by atoms with Gasteiger partial charge < -0.3 is 10.6 Å². The van der Waals surface area contributed by atoms with Crippen LogP contribution in [0.3, 0.4) is 0 Å². The lowest BCUT2D eigenvalue weighted by Gasteiger charge is -2.23. The predicted molar refractivity (Wildman–Crippen MR) is 78.1 cm³/mol. The third kappa shape index (κ3) is 3.86. The summed E-state index contributed by atoms with van der Waals surface area (Å²) in [5, 5.41) is 0. The lowest BCUT2D eigenvalue weighted by molar-refractivity contribution is 0.0986. The highest BCUT2D eigenvalue weighted by molar-refractivity contribution is 6.06. The van der Waals surface area contributed by atoms with Gasteiger partial charge in [0, 0.05) is 17.8 Å². The van der Waals surface area contributed by atoms with Crippen LogP contribution in [0.15, 0.2) is 48.5 Å². The third-order valence-corrected chi connectivity index (χ3v) is 3.04. The molecule has 0 bridgehead atoms. The first-order valence-corrected chi connectivity index (χ1v) is 6.65. The van der Waals surface area contributed by atoms with Crippen LogP contribution in [-0.4, -0.2) is 19.0 Å². The molecule has 0 aliphatic carbocycles. The smallest absolute Gasteiger partial charge is 0.258 e. The van der Waals surface area contributed by atoms with Crippen LogP contribution < -0.4 is 10.6 Å². The lowest BCUT2D eigenvalue weighted by Crippen LogP contribution is -2.33. The van der Waals surface area contributed by atoms with Crippen LogP contribution in [-0.2, 0) is 0 Å². The summed E-state index contributed by atoms with van der Waals surface area (Å²) in [5.74, 6) is -1.14. The van der Waals surface area contributed by atoms with Crippen molar-refractivity contribution in [2.75, 3.05) is 18.0 Å². The van der Waals surface area contributed by atoms with Gasteiger partial charge in [-0.25, -0.2) is 8.78 Å². The number of nitrogens with zero attached hydrogens (tertiary/aromatic N) is 1. The second-order valence-corrected chi connectivity index (χ2v) is 4.59. The Bertz CT molecular complexity index is 614. The van der Waals surface area contributed by atoms with Crippen molar-refractivity contribution in [2.45, 2.75) is 6.42 Å². The van der Waals surface area contributed by atoms with Crippen LogP contribution >= 0.6 is 0 Å². The highest BCUT2D eigenvalue weighted by Crippen LogP contribution is 2.19. The number of rotatable bonds is 5. The minimum Gasteiger partial charge on any atom is -0.330 e. The van der Waals surface area contributed by atoms with Gasteiger partial charge in [-0.05, 0) is 55.4 Å². The third-order valence-electron chi connectivity index (χ3n) is 3.04. The molecule has 2 rings (SSSR count). The van der Waals surface area contributed by atoms with Crippen LogP contribution in [0, 0.1) is 11.6 Å². The molecule has 0 aromatic heterocycles. The molecule has 0 fully saturated rings. The van der Waals surface area contributed by atoms with Crippen LogP contribution in [0.1, 0.15) is 16.8 Å². The quantitative estimate of drug-likeness (QED) is 0.920. The number of halogens is 2. The van der Waals surface area contributed by atoms with E-state index in [1.807, 2.05) is 0 Å². The van der Waals surface area contributed by atoms with Crippen LogP contribution in [0.2, 0.25) is 0 Å². The fraction of sp³-hybridized carbons (Fsp3) is 0.188. The molecule has 110 valence electrons. The van der Waals surface area contributed by atoms with Crippen molar-refractivity contribution in [2.24, 2.45) is 5.73 Å². The van der Waals surface area contributed by atoms with E-state index in [-0.39, 0.29) is 5.91 Å². The van der Waals surface area contributed by atoms with Gasteiger partial charge >= 0.3 is 0 Å². The molecule has 3 nitrogen and oxygen atoms in total. The van der Waals surface area contributed by atoms with Crippen molar-refractivity contribution in [1.82, 2.24) is 0 Å². The van der Waals surface area contributed by atoms with Crippen LogP contribution in [0.4, 0.5) is 14.5 Å². The van der Waals surface area contributed by atoms with Gasteiger partial charge in [-0.15, -0.1) is 0 Å². The second kappa shape index (κ2) is 6.95. The molecule has 5 heteroatoms. The molecule has 2 N–H and O–H groups in total. The van der Waals surface area contributed by atoms with Gasteiger partial charge in [0.15, 0.2) is 0 Å². The van der Waals surface area contributed by atoms with Crippen molar-refractivity contribution >= 4 is 11.6 Å². The van der Waals surface area contributed by atoms with Crippen molar-refractivity contribution in [3.8, 4) is 0 Å². The number of benzene rings is 2. The van der Waals surface area contributed by atoms with Gasteiger partial charge in [0.1, 0.15) is 11.6 Å². The molecular weight excluding hydrogens is 274 g/mol. The summed E-state index contributed by atoms with van der Waals surface area (Å²) in [5.41, 5.74) is 6.28. The van der Waals surface area contributed by atoms with Crippen molar-refractivity contribution in [3.63, 3.8) is 0 Å². The zero-order valence-corrected chi connectivity index (χ0v) is 11.4. The average Bonchev–Trinajstić information content (AvgIpc) is 2.48. The maximum atomic E-state index is 13.4. The number of anilines is 1. The molecule has 0 unspecified atom stereocenters. The van der Waals surface area contributed by atoms with Crippen molar-refractivity contribution in [1.29, 1.82) is 0 Å². The molecule has 0 aliphatic rings. The normalized spacial score (nSPS) is 10.4. The number of carbonyl (C=O) groups excluding carboxylic acids is 1. The molecule has 2 aromatic rings. The first-order chi connectivity index (χ1) is 10.1. The number of amides is 1. The average molecular weight is 290 g/mol. The number of carbonyl (C=O) groups is 1. The van der Waals surface area contributed by atoms with E-state index >= 15 is 0 Å². The summed E-state index contributed by atoms with van der Waals surface area (Å²) in [4.78, 5) is 14.0. The van der Waals surface area contributed by atoms with Crippen LogP contribution in [0.5, 0.6) is 0 Å². The Morgan fingerprint density at radius 1 is 1.05 bits per heavy atom. The summed E-state index contributed by atoms with van der Waals surface area (Å²) < 4.78 is 26.3. The Morgan fingerprint density at radius 2 is 1.76 bits per heavy atom. The Kier molecular flexibility index (Phi) is 5.00. The maximum absolute atomic E-state index is 13.4. The van der Waals surface area contributed by atoms with Crippen molar-refractivity contribution in [3.05, 3.63) is 65.7 Å². The number of nitrogens with two attached hydrogens (primary N) is 1. The second-order valence-electron chi connectivity index (χ2n) is 4.59. The summed E-state index contributed by atoms with van der Waals surface area (Å²) in [6, 6.07) is 11.1. The molecule has 0 spiro atoms. The largest absolute Gasteiger partial charge is 0.330 e. The topological polar surface area (TPSA) is 46.3 Å². The van der Waals surface area contributed by atoms with Gasteiger partial charge in [-0.2, -0.15) is 0 Å². The first kappa shape index (κ1) is 15.1. The molecule has 21 heavy (non-hydrogen) atoms. The summed E-state index contributed by atoms with van der Waals surface area (Å²) >= 11 is 0. The summed E-state index contributed by atoms with van der Waals surface area (Å²) in [7, 11) is 0. The van der Waals surface area contributed by atoms with E-state index < -0.39 is 11.6 Å². The fourth-order valence-corrected chi connectivity index (χ4v) is 1.99. The fourth-order valence-electron chi connectivity index (χ4n) is 1.99. The zero-order valence-electron chi connectivity index (χ0n) is 11.4. The molecule has 0 atom stereocenters. The maximum Gasteiger partial charge on any atom is 0.258 e. The molecule has 0 radical (unpaired) electrons. The highest BCUT2D eigenvalue weighted by Gasteiger charge is 2.17. The summed E-state index contributed by atoms with van der Waals surface area (Å²) in [6.07, 6.45) is 0.587. The predicted octanol–water partition coefficient (Wildman–Crippen LogP) is 2.96. The van der Waals surface area contributed by atoms with E-state index in [0.717, 1.165) is 0 Å². The van der Waals surface area contributed by atoms with E-state index in [0.29, 0.717) is 30.8 Å². The van der Waals surface area contributed by atoms with E-state index in [9.17, 15) is 13.6 Å². The molecule has 1 amide bonds. The highest BCUT2D eigenvalue weighted by atomic mass is 19.1. The summed E-state index contributed by atoms with van der Waals surface area (Å²) in [6.45, 7) is 0.790. The lowest BCUT2D eigenvalue weighted by atomic mass is 10.1. The van der Waals surface area contributed by atoms with E-state index in [1.165, 1.54) is 47.4 Å². The molecule has 0 saturated heterocycles. The Balaban J connectivity index is 2.31.